The molecule has 1 rings (SSSR count). The molecule has 0 amide bonds. The highest BCUT2D eigenvalue weighted by Gasteiger charge is 2.21. The van der Waals surface area contributed by atoms with Gasteiger partial charge in [0.1, 0.15) is 0 Å². The van der Waals surface area contributed by atoms with E-state index >= 15 is 0 Å². The summed E-state index contributed by atoms with van der Waals surface area (Å²) in [5.74, 6) is 0. The monoisotopic (exact) mass is 253 g/mol. The average Bonchev–Trinajstić information content (AvgIpc) is 2.36. The summed E-state index contributed by atoms with van der Waals surface area (Å²) in [6.07, 6.45) is 1.84. The van der Waals surface area contributed by atoms with E-state index in [0.717, 1.165) is 5.33 Å². The predicted octanol–water partition coefficient (Wildman–Crippen LogP) is 3.47. The van der Waals surface area contributed by atoms with E-state index in [1.54, 1.807) is 11.3 Å². The standard InChI is InChI=1S/C7H9BrClNS/c1-7(2,4-8)5-3-10-6(9)11-5/h3H,4H2,1-2H3. The van der Waals surface area contributed by atoms with Crippen LogP contribution in [-0.4, -0.2) is 10.3 Å². The van der Waals surface area contributed by atoms with Gasteiger partial charge in [-0.3, -0.25) is 0 Å². The molecule has 0 radical (unpaired) electrons. The van der Waals surface area contributed by atoms with E-state index in [9.17, 15) is 0 Å². The number of nitrogens with zero attached hydrogens (tertiary/aromatic N) is 1. The summed E-state index contributed by atoms with van der Waals surface area (Å²) in [4.78, 5) is 5.22. The zero-order valence-corrected chi connectivity index (χ0v) is 9.55. The van der Waals surface area contributed by atoms with Crippen molar-refractivity contribution in [3.05, 3.63) is 15.5 Å². The number of aromatic nitrogens is 1. The summed E-state index contributed by atoms with van der Waals surface area (Å²) >= 11 is 10.7. The van der Waals surface area contributed by atoms with Crippen LogP contribution in [0.4, 0.5) is 0 Å². The van der Waals surface area contributed by atoms with Crippen LogP contribution in [0.15, 0.2) is 6.20 Å². The fourth-order valence-corrected chi connectivity index (χ4v) is 2.16. The third-order valence-electron chi connectivity index (χ3n) is 1.48. The molecule has 1 aromatic rings. The first kappa shape index (κ1) is 9.49. The highest BCUT2D eigenvalue weighted by atomic mass is 79.9. The summed E-state index contributed by atoms with van der Waals surface area (Å²) in [6.45, 7) is 4.32. The summed E-state index contributed by atoms with van der Waals surface area (Å²) < 4.78 is 0.619. The highest BCUT2D eigenvalue weighted by molar-refractivity contribution is 9.09. The molecule has 0 aliphatic rings. The predicted molar refractivity (Wildman–Crippen MR) is 53.9 cm³/mol. The van der Waals surface area contributed by atoms with Gasteiger partial charge in [0, 0.05) is 21.8 Å². The second kappa shape index (κ2) is 3.42. The molecule has 1 aromatic heterocycles. The summed E-state index contributed by atoms with van der Waals surface area (Å²) in [6, 6.07) is 0. The topological polar surface area (TPSA) is 12.9 Å². The minimum Gasteiger partial charge on any atom is -0.233 e. The summed E-state index contributed by atoms with van der Waals surface area (Å²) in [5, 5.41) is 0.929. The summed E-state index contributed by atoms with van der Waals surface area (Å²) in [7, 11) is 0. The smallest absolute Gasteiger partial charge is 0.183 e. The Balaban J connectivity index is 2.92. The second-order valence-electron chi connectivity index (χ2n) is 2.99. The molecule has 0 aliphatic carbocycles. The Kier molecular flexibility index (Phi) is 2.95. The second-order valence-corrected chi connectivity index (χ2v) is 5.17. The lowest BCUT2D eigenvalue weighted by atomic mass is 9.95. The van der Waals surface area contributed by atoms with E-state index in [1.807, 2.05) is 6.20 Å². The van der Waals surface area contributed by atoms with Crippen molar-refractivity contribution in [2.45, 2.75) is 19.3 Å². The number of thiazole rings is 1. The lowest BCUT2D eigenvalue weighted by Crippen LogP contribution is -2.16. The van der Waals surface area contributed by atoms with Gasteiger partial charge >= 0.3 is 0 Å². The van der Waals surface area contributed by atoms with Crippen LogP contribution in [0.5, 0.6) is 0 Å². The Bertz CT molecular complexity index is 246. The maximum absolute atomic E-state index is 5.72. The van der Waals surface area contributed by atoms with Crippen LogP contribution < -0.4 is 0 Å². The Morgan fingerprint density at radius 1 is 1.73 bits per heavy atom. The van der Waals surface area contributed by atoms with Crippen molar-refractivity contribution < 1.29 is 0 Å². The van der Waals surface area contributed by atoms with Gasteiger partial charge in [-0.15, -0.1) is 11.3 Å². The molecular weight excluding hydrogens is 246 g/mol. The van der Waals surface area contributed by atoms with Crippen LogP contribution in [0, 0.1) is 0 Å². The maximum Gasteiger partial charge on any atom is 0.183 e. The van der Waals surface area contributed by atoms with Gasteiger partial charge in [-0.05, 0) is 0 Å². The van der Waals surface area contributed by atoms with Gasteiger partial charge < -0.3 is 0 Å². The van der Waals surface area contributed by atoms with Crippen LogP contribution in [-0.2, 0) is 5.41 Å². The zero-order chi connectivity index (χ0) is 8.48. The minimum atomic E-state index is 0.144. The fraction of sp³-hybridized carbons (Fsp3) is 0.571. The molecule has 0 atom stereocenters. The fourth-order valence-electron chi connectivity index (χ4n) is 0.632. The van der Waals surface area contributed by atoms with Crippen molar-refractivity contribution in [2.24, 2.45) is 0 Å². The van der Waals surface area contributed by atoms with Gasteiger partial charge in [0.25, 0.3) is 0 Å². The van der Waals surface area contributed by atoms with Gasteiger partial charge in [0.05, 0.1) is 0 Å². The third-order valence-corrected chi connectivity index (χ3v) is 4.36. The molecule has 0 fully saturated rings. The molecule has 4 heteroatoms. The summed E-state index contributed by atoms with van der Waals surface area (Å²) in [5.41, 5.74) is 0.144. The molecule has 1 nitrogen and oxygen atoms in total. The highest BCUT2D eigenvalue weighted by Crippen LogP contribution is 2.31. The van der Waals surface area contributed by atoms with E-state index in [4.69, 9.17) is 11.6 Å². The lowest BCUT2D eigenvalue weighted by Gasteiger charge is -2.18. The normalized spacial score (nSPS) is 12.0. The molecule has 11 heavy (non-hydrogen) atoms. The Hall–Kier alpha value is 0.400. The molecule has 1 heterocycles. The first-order valence-electron chi connectivity index (χ1n) is 3.24. The number of rotatable bonds is 2. The largest absolute Gasteiger partial charge is 0.233 e. The molecule has 62 valence electrons. The zero-order valence-electron chi connectivity index (χ0n) is 6.40. The molecule has 0 aliphatic heterocycles. The van der Waals surface area contributed by atoms with Gasteiger partial charge in [-0.1, -0.05) is 41.4 Å². The van der Waals surface area contributed by atoms with E-state index < -0.39 is 0 Å². The van der Waals surface area contributed by atoms with Crippen molar-refractivity contribution >= 4 is 38.9 Å². The Morgan fingerprint density at radius 2 is 2.36 bits per heavy atom. The quantitative estimate of drug-likeness (QED) is 0.737. The number of hydrogen-bond acceptors (Lipinski definition) is 2. The molecule has 0 saturated heterocycles. The van der Waals surface area contributed by atoms with Crippen LogP contribution in [0.2, 0.25) is 4.47 Å². The number of alkyl halides is 1. The first-order valence-corrected chi connectivity index (χ1v) is 5.55. The Labute approximate surface area is 83.9 Å². The molecule has 0 bridgehead atoms. The van der Waals surface area contributed by atoms with E-state index in [0.29, 0.717) is 4.47 Å². The van der Waals surface area contributed by atoms with E-state index in [2.05, 4.69) is 34.8 Å². The van der Waals surface area contributed by atoms with Crippen molar-refractivity contribution in [3.8, 4) is 0 Å². The molecule has 0 saturated carbocycles. The average molecular weight is 255 g/mol. The first-order chi connectivity index (χ1) is 5.06. The molecule has 0 spiro atoms. The van der Waals surface area contributed by atoms with Crippen LogP contribution >= 0.6 is 38.9 Å². The SMILES string of the molecule is CC(C)(CBr)c1cnc(Cl)s1. The molecule has 0 unspecified atom stereocenters. The minimum absolute atomic E-state index is 0.144. The third kappa shape index (κ3) is 2.17. The van der Waals surface area contributed by atoms with Crippen molar-refractivity contribution in [1.29, 1.82) is 0 Å². The maximum atomic E-state index is 5.72. The van der Waals surface area contributed by atoms with Gasteiger partial charge in [0.15, 0.2) is 4.47 Å². The van der Waals surface area contributed by atoms with Crippen molar-refractivity contribution in [2.75, 3.05) is 5.33 Å². The van der Waals surface area contributed by atoms with Gasteiger partial charge in [-0.25, -0.2) is 4.98 Å². The van der Waals surface area contributed by atoms with E-state index in [-0.39, 0.29) is 5.41 Å². The van der Waals surface area contributed by atoms with Crippen LogP contribution in [0.1, 0.15) is 18.7 Å². The molecular formula is C7H9BrClNS. The van der Waals surface area contributed by atoms with Crippen LogP contribution in [0.3, 0.4) is 0 Å². The Morgan fingerprint density at radius 3 is 2.73 bits per heavy atom. The lowest BCUT2D eigenvalue weighted by molar-refractivity contribution is 0.619. The number of halogens is 2. The molecule has 0 N–H and O–H groups in total. The van der Waals surface area contributed by atoms with Crippen molar-refractivity contribution in [1.82, 2.24) is 4.98 Å². The van der Waals surface area contributed by atoms with E-state index in [1.165, 1.54) is 4.88 Å². The molecule has 0 aromatic carbocycles. The van der Waals surface area contributed by atoms with Gasteiger partial charge in [-0.2, -0.15) is 0 Å². The number of hydrogen-bond donors (Lipinski definition) is 0. The van der Waals surface area contributed by atoms with Crippen molar-refractivity contribution in [3.63, 3.8) is 0 Å². The van der Waals surface area contributed by atoms with Gasteiger partial charge in [0.2, 0.25) is 0 Å². The van der Waals surface area contributed by atoms with Crippen LogP contribution in [0.25, 0.3) is 0 Å².